The molecule has 0 aliphatic carbocycles. The predicted molar refractivity (Wildman–Crippen MR) is 89.0 cm³/mol. The van der Waals surface area contributed by atoms with E-state index in [1.54, 1.807) is 6.20 Å². The first-order chi connectivity index (χ1) is 11.4. The lowest BCUT2D eigenvalue weighted by Gasteiger charge is -2.36. The van der Waals surface area contributed by atoms with E-state index in [-0.39, 0.29) is 25.2 Å². The largest absolute Gasteiger partial charge is 0.481 e. The van der Waals surface area contributed by atoms with Crippen LogP contribution in [0.3, 0.4) is 0 Å². The van der Waals surface area contributed by atoms with Crippen LogP contribution in [-0.2, 0) is 16.1 Å². The van der Waals surface area contributed by atoms with Crippen molar-refractivity contribution < 1.29 is 19.4 Å². The number of aromatic nitrogens is 1. The Hall–Kier alpha value is -2.35. The Morgan fingerprint density at radius 3 is 2.58 bits per heavy atom. The van der Waals surface area contributed by atoms with Gasteiger partial charge in [0, 0.05) is 32.4 Å². The minimum absolute atomic E-state index is 0.0972. The highest BCUT2D eigenvalue weighted by atomic mass is 16.5. The molecular weight excluding hydrogens is 312 g/mol. The van der Waals surface area contributed by atoms with E-state index in [1.807, 2.05) is 26.0 Å². The molecule has 2 atom stereocenters. The number of hydrogen-bond donors (Lipinski definition) is 3. The second-order valence-electron chi connectivity index (χ2n) is 5.94. The third kappa shape index (κ3) is 5.69. The maximum atomic E-state index is 11.5. The minimum Gasteiger partial charge on any atom is -0.481 e. The smallest absolute Gasteiger partial charge is 0.315 e. The Bertz CT molecular complexity index is 554. The van der Waals surface area contributed by atoms with E-state index in [0.29, 0.717) is 6.54 Å². The van der Waals surface area contributed by atoms with Crippen molar-refractivity contribution in [3.63, 3.8) is 0 Å². The normalized spacial score (nSPS) is 20.5. The number of anilines is 1. The highest BCUT2D eigenvalue weighted by Gasteiger charge is 2.22. The Kier molecular flexibility index (Phi) is 6.36. The minimum atomic E-state index is -0.943. The van der Waals surface area contributed by atoms with Gasteiger partial charge in [-0.15, -0.1) is 0 Å². The van der Waals surface area contributed by atoms with Crippen molar-refractivity contribution in [3.05, 3.63) is 23.9 Å². The molecule has 2 unspecified atom stereocenters. The van der Waals surface area contributed by atoms with Gasteiger partial charge >= 0.3 is 12.0 Å². The van der Waals surface area contributed by atoms with Crippen molar-refractivity contribution in [2.24, 2.45) is 0 Å². The number of nitrogens with one attached hydrogen (secondary N) is 2. The van der Waals surface area contributed by atoms with Crippen LogP contribution in [0.5, 0.6) is 0 Å². The standard InChI is InChI=1S/C16H24N4O4/c1-11-9-20(10-12(2)24-11)14-4-3-13(7-18-14)8-19-16(23)17-6-5-15(21)22/h3-4,7,11-12H,5-6,8-10H2,1-2H3,(H,21,22)(H2,17,19,23). The molecule has 0 radical (unpaired) electrons. The van der Waals surface area contributed by atoms with Crippen LogP contribution >= 0.6 is 0 Å². The number of hydrogen-bond acceptors (Lipinski definition) is 5. The quantitative estimate of drug-likeness (QED) is 0.715. The zero-order valence-corrected chi connectivity index (χ0v) is 14.0. The number of carbonyl (C=O) groups excluding carboxylic acids is 1. The van der Waals surface area contributed by atoms with Gasteiger partial charge in [0.15, 0.2) is 0 Å². The maximum Gasteiger partial charge on any atom is 0.315 e. The SMILES string of the molecule is CC1CN(c2ccc(CNC(=O)NCCC(=O)O)cn2)CC(C)O1. The van der Waals surface area contributed by atoms with E-state index in [0.717, 1.165) is 24.5 Å². The van der Waals surface area contributed by atoms with Gasteiger partial charge in [0.1, 0.15) is 5.82 Å². The van der Waals surface area contributed by atoms with E-state index in [2.05, 4.69) is 20.5 Å². The molecular formula is C16H24N4O4. The second-order valence-corrected chi connectivity index (χ2v) is 5.94. The zero-order chi connectivity index (χ0) is 17.5. The highest BCUT2D eigenvalue weighted by Crippen LogP contribution is 2.18. The molecule has 1 aliphatic heterocycles. The fraction of sp³-hybridized carbons (Fsp3) is 0.562. The number of nitrogens with zero attached hydrogens (tertiary/aromatic N) is 2. The molecule has 2 rings (SSSR count). The van der Waals surface area contributed by atoms with Gasteiger partial charge in [0.2, 0.25) is 0 Å². The number of carbonyl (C=O) groups is 2. The van der Waals surface area contributed by atoms with Crippen LogP contribution in [0.1, 0.15) is 25.8 Å². The number of morpholine rings is 1. The Labute approximate surface area is 141 Å². The third-order valence-corrected chi connectivity index (χ3v) is 3.63. The van der Waals surface area contributed by atoms with Crippen LogP contribution in [0, 0.1) is 0 Å². The Morgan fingerprint density at radius 1 is 1.29 bits per heavy atom. The highest BCUT2D eigenvalue weighted by molar-refractivity contribution is 5.74. The lowest BCUT2D eigenvalue weighted by atomic mass is 10.2. The van der Waals surface area contributed by atoms with Crippen LogP contribution < -0.4 is 15.5 Å². The first kappa shape index (κ1) is 18.0. The molecule has 1 aromatic heterocycles. The number of carboxylic acids is 1. The molecule has 24 heavy (non-hydrogen) atoms. The fourth-order valence-corrected chi connectivity index (χ4v) is 2.60. The van der Waals surface area contributed by atoms with Gasteiger partial charge in [-0.2, -0.15) is 0 Å². The molecule has 2 heterocycles. The van der Waals surface area contributed by atoms with Gasteiger partial charge in [-0.05, 0) is 25.5 Å². The van der Waals surface area contributed by atoms with Gasteiger partial charge < -0.3 is 25.4 Å². The maximum absolute atomic E-state index is 11.5. The molecule has 8 nitrogen and oxygen atoms in total. The van der Waals surface area contributed by atoms with Crippen LogP contribution in [0.15, 0.2) is 18.3 Å². The van der Waals surface area contributed by atoms with Gasteiger partial charge in [-0.3, -0.25) is 4.79 Å². The number of aliphatic carboxylic acids is 1. The van der Waals surface area contributed by atoms with Gasteiger partial charge in [-0.25, -0.2) is 9.78 Å². The van der Waals surface area contributed by atoms with Crippen molar-refractivity contribution in [3.8, 4) is 0 Å². The molecule has 2 amide bonds. The monoisotopic (exact) mass is 336 g/mol. The molecule has 1 aliphatic rings. The number of amides is 2. The first-order valence-electron chi connectivity index (χ1n) is 8.03. The summed E-state index contributed by atoms with van der Waals surface area (Å²) in [5, 5.41) is 13.7. The van der Waals surface area contributed by atoms with Gasteiger partial charge in [0.25, 0.3) is 0 Å². The van der Waals surface area contributed by atoms with Gasteiger partial charge in [-0.1, -0.05) is 6.07 Å². The van der Waals surface area contributed by atoms with Crippen molar-refractivity contribution in [2.45, 2.75) is 39.0 Å². The number of pyridine rings is 1. The lowest BCUT2D eigenvalue weighted by Crippen LogP contribution is -2.45. The number of urea groups is 1. The second kappa shape index (κ2) is 8.49. The van der Waals surface area contributed by atoms with Crippen molar-refractivity contribution in [1.82, 2.24) is 15.6 Å². The molecule has 1 fully saturated rings. The summed E-state index contributed by atoms with van der Waals surface area (Å²) in [6.45, 7) is 6.14. The van der Waals surface area contributed by atoms with Crippen LogP contribution in [0.4, 0.5) is 10.6 Å². The zero-order valence-electron chi connectivity index (χ0n) is 14.0. The molecule has 0 aromatic carbocycles. The summed E-state index contributed by atoms with van der Waals surface area (Å²) in [4.78, 5) is 28.5. The van der Waals surface area contributed by atoms with Crippen molar-refractivity contribution in [2.75, 3.05) is 24.5 Å². The molecule has 1 aromatic rings. The summed E-state index contributed by atoms with van der Waals surface area (Å²) in [5.74, 6) is -0.0477. The van der Waals surface area contributed by atoms with Crippen molar-refractivity contribution in [1.29, 1.82) is 0 Å². The molecule has 0 bridgehead atoms. The summed E-state index contributed by atoms with van der Waals surface area (Å²) in [7, 11) is 0. The van der Waals surface area contributed by atoms with Crippen LogP contribution in [0.2, 0.25) is 0 Å². The van der Waals surface area contributed by atoms with Crippen LogP contribution in [0.25, 0.3) is 0 Å². The molecule has 132 valence electrons. The Balaban J connectivity index is 1.79. The summed E-state index contributed by atoms with van der Waals surface area (Å²) in [5.41, 5.74) is 0.876. The molecule has 1 saturated heterocycles. The van der Waals surface area contributed by atoms with E-state index >= 15 is 0 Å². The predicted octanol–water partition coefficient (Wildman–Crippen LogP) is 0.969. The topological polar surface area (TPSA) is 104 Å². The van der Waals surface area contributed by atoms with Gasteiger partial charge in [0.05, 0.1) is 18.6 Å². The first-order valence-corrected chi connectivity index (χ1v) is 8.03. The Morgan fingerprint density at radius 2 is 2.00 bits per heavy atom. The fourth-order valence-electron chi connectivity index (χ4n) is 2.60. The number of carboxylic acid groups (broad SMARTS) is 1. The molecule has 0 saturated carbocycles. The summed E-state index contributed by atoms with van der Waals surface area (Å²) >= 11 is 0. The third-order valence-electron chi connectivity index (χ3n) is 3.63. The molecule has 0 spiro atoms. The van der Waals surface area contributed by atoms with E-state index in [4.69, 9.17) is 9.84 Å². The van der Waals surface area contributed by atoms with Crippen molar-refractivity contribution >= 4 is 17.8 Å². The average molecular weight is 336 g/mol. The van der Waals surface area contributed by atoms with E-state index in [1.165, 1.54) is 0 Å². The molecule has 8 heteroatoms. The van der Waals surface area contributed by atoms with E-state index in [9.17, 15) is 9.59 Å². The molecule has 3 N–H and O–H groups in total. The van der Waals surface area contributed by atoms with E-state index < -0.39 is 12.0 Å². The number of ether oxygens (including phenoxy) is 1. The number of rotatable bonds is 6. The summed E-state index contributed by atoms with van der Waals surface area (Å²) in [6, 6.07) is 3.46. The summed E-state index contributed by atoms with van der Waals surface area (Å²) in [6.07, 6.45) is 1.98. The van der Waals surface area contributed by atoms with Crippen LogP contribution in [-0.4, -0.2) is 53.9 Å². The lowest BCUT2D eigenvalue weighted by molar-refractivity contribution is -0.136. The summed E-state index contributed by atoms with van der Waals surface area (Å²) < 4.78 is 5.71. The average Bonchev–Trinajstić information content (AvgIpc) is 2.52.